The van der Waals surface area contributed by atoms with E-state index in [1.807, 2.05) is 0 Å². The first-order chi connectivity index (χ1) is 51.1. The van der Waals surface area contributed by atoms with E-state index in [2.05, 4.69) is 34.6 Å². The summed E-state index contributed by atoms with van der Waals surface area (Å²) in [4.78, 5) is 73.1. The number of ether oxygens (including phenoxy) is 4. The SMILES string of the molecule is CCCCCCCCCCCCCCCCCCCCCCCC(=O)O[C@H](COC(=O)CCCCCCCCCCCCCCCCCCCCC)COP(=O)(O)OC[C@@H](O)COP(=O)(O)OC[C@@H](COC(=O)CCCCCCCCC)OC(=O)CCCCCCCCCCCCCCCCC(C)CC. The van der Waals surface area contributed by atoms with Gasteiger partial charge in [0.2, 0.25) is 0 Å². The van der Waals surface area contributed by atoms with Crippen LogP contribution in [0.1, 0.15) is 465 Å². The molecule has 0 bridgehead atoms. The molecule has 105 heavy (non-hydrogen) atoms. The highest BCUT2D eigenvalue weighted by molar-refractivity contribution is 7.47. The van der Waals surface area contributed by atoms with Crippen molar-refractivity contribution >= 4 is 39.5 Å². The number of unbranched alkanes of at least 4 members (excludes halogenated alkanes) is 57. The molecule has 3 unspecified atom stereocenters. The molecule has 6 atom stereocenters. The van der Waals surface area contributed by atoms with Crippen LogP contribution in [0.15, 0.2) is 0 Å². The van der Waals surface area contributed by atoms with E-state index in [1.54, 1.807) is 0 Å². The molecule has 0 amide bonds. The van der Waals surface area contributed by atoms with Crippen molar-refractivity contribution in [3.05, 3.63) is 0 Å². The number of carbonyl (C=O) groups excluding carboxylic acids is 4. The van der Waals surface area contributed by atoms with Gasteiger partial charge in [-0.3, -0.25) is 37.3 Å². The molecule has 3 N–H and O–H groups in total. The lowest BCUT2D eigenvalue weighted by molar-refractivity contribution is -0.161. The zero-order chi connectivity index (χ0) is 76.9. The molecule has 0 aromatic rings. The molecule has 19 heteroatoms. The molecule has 17 nitrogen and oxygen atoms in total. The lowest BCUT2D eigenvalue weighted by atomic mass is 9.99. The van der Waals surface area contributed by atoms with Gasteiger partial charge in [0.15, 0.2) is 12.2 Å². The van der Waals surface area contributed by atoms with E-state index in [4.69, 9.17) is 37.0 Å². The van der Waals surface area contributed by atoms with Crippen LogP contribution in [0.2, 0.25) is 0 Å². The Labute approximate surface area is 645 Å². The number of phosphoric acid groups is 2. The minimum Gasteiger partial charge on any atom is -0.462 e. The third-order valence-electron chi connectivity index (χ3n) is 20.6. The van der Waals surface area contributed by atoms with Gasteiger partial charge in [0.1, 0.15) is 19.3 Å². The van der Waals surface area contributed by atoms with Gasteiger partial charge in [-0.25, -0.2) is 9.13 Å². The maximum atomic E-state index is 13.1. The average Bonchev–Trinajstić information content (AvgIpc) is 0.911. The number of esters is 4. The van der Waals surface area contributed by atoms with Crippen molar-refractivity contribution in [2.75, 3.05) is 39.6 Å². The second kappa shape index (κ2) is 78.7. The molecule has 0 aromatic carbocycles. The van der Waals surface area contributed by atoms with Crippen LogP contribution in [0.3, 0.4) is 0 Å². The number of phosphoric ester groups is 2. The highest BCUT2D eigenvalue weighted by atomic mass is 31.2. The van der Waals surface area contributed by atoms with Crippen LogP contribution in [0.4, 0.5) is 0 Å². The fourth-order valence-corrected chi connectivity index (χ4v) is 15.0. The number of aliphatic hydroxyl groups excluding tert-OH is 1. The lowest BCUT2D eigenvalue weighted by Gasteiger charge is -2.21. The molecule has 0 aliphatic heterocycles. The Morgan fingerprint density at radius 1 is 0.267 bits per heavy atom. The molecule has 0 aromatic heterocycles. The van der Waals surface area contributed by atoms with Gasteiger partial charge in [-0.2, -0.15) is 0 Å². The van der Waals surface area contributed by atoms with Gasteiger partial charge < -0.3 is 33.8 Å². The molecule has 0 radical (unpaired) electrons. The van der Waals surface area contributed by atoms with E-state index in [9.17, 15) is 43.2 Å². The van der Waals surface area contributed by atoms with Crippen LogP contribution >= 0.6 is 15.6 Å². The fourth-order valence-electron chi connectivity index (χ4n) is 13.4. The zero-order valence-electron chi connectivity index (χ0n) is 68.9. The van der Waals surface area contributed by atoms with Crippen molar-refractivity contribution in [3.8, 4) is 0 Å². The Hall–Kier alpha value is -1.94. The van der Waals surface area contributed by atoms with Gasteiger partial charge >= 0.3 is 39.5 Å². The smallest absolute Gasteiger partial charge is 0.462 e. The molecular formula is C86H168O17P2. The van der Waals surface area contributed by atoms with Crippen LogP contribution in [0.5, 0.6) is 0 Å². The van der Waals surface area contributed by atoms with Gasteiger partial charge in [-0.1, -0.05) is 413 Å². The van der Waals surface area contributed by atoms with E-state index in [1.165, 1.54) is 276 Å². The summed E-state index contributed by atoms with van der Waals surface area (Å²) in [6.45, 7) is 7.37. The van der Waals surface area contributed by atoms with Gasteiger partial charge in [0.25, 0.3) is 0 Å². The summed E-state index contributed by atoms with van der Waals surface area (Å²) in [5.74, 6) is -1.26. The summed E-state index contributed by atoms with van der Waals surface area (Å²) in [6.07, 6.45) is 72.4. The number of hydrogen-bond acceptors (Lipinski definition) is 15. The maximum absolute atomic E-state index is 13.1. The van der Waals surface area contributed by atoms with Gasteiger partial charge in [0.05, 0.1) is 26.4 Å². The van der Waals surface area contributed by atoms with Gasteiger partial charge in [0, 0.05) is 25.7 Å². The Kier molecular flexibility index (Phi) is 77.3. The summed E-state index contributed by atoms with van der Waals surface area (Å²) >= 11 is 0. The number of carbonyl (C=O) groups is 4. The summed E-state index contributed by atoms with van der Waals surface area (Å²) < 4.78 is 68.8. The van der Waals surface area contributed by atoms with E-state index in [0.29, 0.717) is 25.7 Å². The standard InChI is InChI=1S/C86H168O17P2/c1-6-10-13-16-19-21-23-25-27-29-31-32-34-36-38-43-47-51-56-61-66-72-86(91)103-82(76-97-84(89)70-65-60-55-50-46-42-37-35-33-30-28-26-24-22-20-17-14-11-7-2)78-101-105(94,95)99-74-80(87)73-98-104(92,93)100-77-81(75-96-83(88)69-64-59-53-18-15-12-8-3)102-85(90)71-67-62-57-52-48-44-40-39-41-45-49-54-58-63-68-79(5)9-4/h79-82,87H,6-78H2,1-5H3,(H,92,93)(H,94,95)/t79?,80-,81+,82+/m0/s1. The van der Waals surface area contributed by atoms with E-state index < -0.39 is 97.5 Å². The maximum Gasteiger partial charge on any atom is 0.472 e. The first-order valence-corrected chi connectivity index (χ1v) is 47.7. The summed E-state index contributed by atoms with van der Waals surface area (Å²) in [6, 6.07) is 0. The Balaban J connectivity index is 5.16. The van der Waals surface area contributed by atoms with Crippen molar-refractivity contribution in [1.29, 1.82) is 0 Å². The summed E-state index contributed by atoms with van der Waals surface area (Å²) in [7, 11) is -9.92. The average molecular weight is 1540 g/mol. The highest BCUT2D eigenvalue weighted by Gasteiger charge is 2.30. The minimum atomic E-state index is -4.96. The van der Waals surface area contributed by atoms with Crippen molar-refractivity contribution in [1.82, 2.24) is 0 Å². The van der Waals surface area contributed by atoms with Crippen LogP contribution in [0, 0.1) is 5.92 Å². The predicted molar refractivity (Wildman–Crippen MR) is 432 cm³/mol. The van der Waals surface area contributed by atoms with Crippen molar-refractivity contribution in [2.45, 2.75) is 483 Å². The van der Waals surface area contributed by atoms with Gasteiger partial charge in [-0.05, 0) is 31.6 Å². The van der Waals surface area contributed by atoms with Gasteiger partial charge in [-0.15, -0.1) is 0 Å². The third kappa shape index (κ3) is 78.5. The molecule has 0 heterocycles. The van der Waals surface area contributed by atoms with Crippen LogP contribution in [-0.4, -0.2) is 96.7 Å². The predicted octanol–water partition coefficient (Wildman–Crippen LogP) is 26.4. The zero-order valence-corrected chi connectivity index (χ0v) is 70.7. The Morgan fingerprint density at radius 2 is 0.457 bits per heavy atom. The number of rotatable bonds is 86. The topological polar surface area (TPSA) is 237 Å². The molecule has 0 rings (SSSR count). The molecule has 0 fully saturated rings. The first kappa shape index (κ1) is 103. The van der Waals surface area contributed by atoms with E-state index >= 15 is 0 Å². The molecule has 0 saturated carbocycles. The quantitative estimate of drug-likeness (QED) is 0.0222. The Morgan fingerprint density at radius 3 is 0.676 bits per heavy atom. The monoisotopic (exact) mass is 1540 g/mol. The van der Waals surface area contributed by atoms with Crippen LogP contribution in [0.25, 0.3) is 0 Å². The summed E-state index contributed by atoms with van der Waals surface area (Å²) in [5, 5.41) is 10.7. The van der Waals surface area contributed by atoms with Crippen LogP contribution in [-0.2, 0) is 65.4 Å². The largest absolute Gasteiger partial charge is 0.472 e. The molecule has 0 spiro atoms. The summed E-state index contributed by atoms with van der Waals surface area (Å²) in [5.41, 5.74) is 0. The van der Waals surface area contributed by atoms with Crippen molar-refractivity contribution in [2.24, 2.45) is 5.92 Å². The lowest BCUT2D eigenvalue weighted by Crippen LogP contribution is -2.30. The molecule has 0 aliphatic rings. The van der Waals surface area contributed by atoms with Crippen LogP contribution < -0.4 is 0 Å². The number of hydrogen-bond donors (Lipinski definition) is 3. The molecule has 624 valence electrons. The van der Waals surface area contributed by atoms with E-state index in [0.717, 1.165) is 109 Å². The van der Waals surface area contributed by atoms with E-state index in [-0.39, 0.29) is 25.7 Å². The number of aliphatic hydroxyl groups is 1. The highest BCUT2D eigenvalue weighted by Crippen LogP contribution is 2.45. The van der Waals surface area contributed by atoms with Crippen molar-refractivity contribution in [3.63, 3.8) is 0 Å². The first-order valence-electron chi connectivity index (χ1n) is 44.7. The Bertz CT molecular complexity index is 2000. The molecule has 0 saturated heterocycles. The second-order valence-corrected chi connectivity index (χ2v) is 34.1. The molecule has 0 aliphatic carbocycles. The van der Waals surface area contributed by atoms with Crippen molar-refractivity contribution < 1.29 is 80.2 Å². The minimum absolute atomic E-state index is 0.108. The second-order valence-electron chi connectivity index (χ2n) is 31.2. The fraction of sp³-hybridized carbons (Fsp3) is 0.953. The molecular weight excluding hydrogens is 1370 g/mol. The third-order valence-corrected chi connectivity index (χ3v) is 22.5. The normalized spacial score (nSPS) is 14.0.